The van der Waals surface area contributed by atoms with Gasteiger partial charge in [-0.2, -0.15) is 5.10 Å². The molecule has 4 rings (SSSR count). The second kappa shape index (κ2) is 7.36. The molecule has 2 aromatic rings. The highest BCUT2D eigenvalue weighted by molar-refractivity contribution is 5.94. The number of rotatable bonds is 4. The molecule has 27 heavy (non-hydrogen) atoms. The average molecular weight is 365 g/mol. The van der Waals surface area contributed by atoms with Gasteiger partial charge in [-0.15, -0.1) is 0 Å². The summed E-state index contributed by atoms with van der Waals surface area (Å²) in [5.41, 5.74) is 5.47. The number of aromatic amines is 1. The molecule has 7 nitrogen and oxygen atoms in total. The monoisotopic (exact) mass is 365 g/mol. The third kappa shape index (κ3) is 3.50. The largest absolute Gasteiger partial charge is 0.480 e. The average Bonchev–Trinajstić information content (AvgIpc) is 3.14. The van der Waals surface area contributed by atoms with Crippen molar-refractivity contribution in [2.45, 2.75) is 19.4 Å². The van der Waals surface area contributed by atoms with Crippen LogP contribution in [0.5, 0.6) is 0 Å². The molecule has 2 aliphatic rings. The third-order valence-corrected chi connectivity index (χ3v) is 5.07. The van der Waals surface area contributed by atoms with Crippen molar-refractivity contribution in [3.63, 3.8) is 0 Å². The van der Waals surface area contributed by atoms with Crippen LogP contribution in [0.25, 0.3) is 16.8 Å². The fraction of sp³-hybridized carbons (Fsp3) is 0.350. The fourth-order valence-corrected chi connectivity index (χ4v) is 3.60. The standard InChI is InChI=1S/C20H23N5O2/c1-13-2-4-15(5-3-13)18-17(14-6-8-21-9-7-14)19(24-23-18)25-11-10-22-16(12-25)20(26)27/h2-6,8,16,22H,7,9-12H2,1H3,(H,23,24)(H,26,27). The lowest BCUT2D eigenvalue weighted by Crippen LogP contribution is -2.54. The minimum atomic E-state index is -0.834. The molecule has 0 radical (unpaired) electrons. The summed E-state index contributed by atoms with van der Waals surface area (Å²) in [6, 6.07) is 7.76. The van der Waals surface area contributed by atoms with Gasteiger partial charge in [-0.1, -0.05) is 29.8 Å². The van der Waals surface area contributed by atoms with Crippen molar-refractivity contribution in [3.8, 4) is 11.3 Å². The highest BCUT2D eigenvalue weighted by atomic mass is 16.4. The second-order valence-electron chi connectivity index (χ2n) is 6.95. The van der Waals surface area contributed by atoms with Gasteiger partial charge in [0.15, 0.2) is 5.82 Å². The van der Waals surface area contributed by atoms with Crippen molar-refractivity contribution < 1.29 is 9.90 Å². The van der Waals surface area contributed by atoms with Gasteiger partial charge in [0.1, 0.15) is 6.04 Å². The summed E-state index contributed by atoms with van der Waals surface area (Å²) < 4.78 is 0. The summed E-state index contributed by atoms with van der Waals surface area (Å²) >= 11 is 0. The van der Waals surface area contributed by atoms with Crippen LogP contribution in [0, 0.1) is 6.92 Å². The van der Waals surface area contributed by atoms with Crippen LogP contribution in [0.2, 0.25) is 0 Å². The summed E-state index contributed by atoms with van der Waals surface area (Å²) in [5.74, 6) is -0.0144. The molecule has 3 heterocycles. The number of allylic oxidation sites excluding steroid dienone is 1. The molecule has 140 valence electrons. The van der Waals surface area contributed by atoms with Crippen molar-refractivity contribution >= 4 is 23.6 Å². The summed E-state index contributed by atoms with van der Waals surface area (Å²) in [6.45, 7) is 4.54. The Hall–Kier alpha value is -2.93. The number of H-pyrrole nitrogens is 1. The van der Waals surface area contributed by atoms with Crippen LogP contribution in [-0.4, -0.2) is 59.7 Å². The maximum Gasteiger partial charge on any atom is 0.322 e. The van der Waals surface area contributed by atoms with E-state index >= 15 is 0 Å². The maximum absolute atomic E-state index is 11.4. The predicted octanol–water partition coefficient (Wildman–Crippen LogP) is 2.11. The van der Waals surface area contributed by atoms with Gasteiger partial charge in [-0.3, -0.25) is 14.9 Å². The molecule has 0 aliphatic carbocycles. The summed E-state index contributed by atoms with van der Waals surface area (Å²) in [5, 5.41) is 20.2. The van der Waals surface area contributed by atoms with Crippen molar-refractivity contribution in [3.05, 3.63) is 41.5 Å². The molecule has 1 atom stereocenters. The van der Waals surface area contributed by atoms with E-state index < -0.39 is 12.0 Å². The number of anilines is 1. The van der Waals surface area contributed by atoms with E-state index in [4.69, 9.17) is 0 Å². The summed E-state index contributed by atoms with van der Waals surface area (Å²) in [7, 11) is 0. The fourth-order valence-electron chi connectivity index (χ4n) is 3.60. The number of carbonyl (C=O) groups is 1. The van der Waals surface area contributed by atoms with Crippen LogP contribution >= 0.6 is 0 Å². The van der Waals surface area contributed by atoms with Crippen LogP contribution in [0.15, 0.2) is 35.3 Å². The van der Waals surface area contributed by atoms with E-state index in [1.165, 1.54) is 11.1 Å². The number of piperazine rings is 1. The molecule has 1 saturated heterocycles. The molecule has 1 aromatic carbocycles. The first-order valence-electron chi connectivity index (χ1n) is 9.19. The first kappa shape index (κ1) is 17.5. The van der Waals surface area contributed by atoms with E-state index in [0.717, 1.165) is 42.1 Å². The number of nitrogens with zero attached hydrogens (tertiary/aromatic N) is 3. The Morgan fingerprint density at radius 1 is 1.30 bits per heavy atom. The summed E-state index contributed by atoms with van der Waals surface area (Å²) in [6.07, 6.45) is 4.72. The Bertz CT molecular complexity index is 898. The van der Waals surface area contributed by atoms with Gasteiger partial charge >= 0.3 is 5.97 Å². The zero-order chi connectivity index (χ0) is 18.8. The van der Waals surface area contributed by atoms with E-state index in [-0.39, 0.29) is 0 Å². The normalized spacial score (nSPS) is 19.8. The molecule has 1 aromatic heterocycles. The number of carboxylic acids is 1. The Labute approximate surface area is 157 Å². The zero-order valence-electron chi connectivity index (χ0n) is 15.3. The first-order valence-corrected chi connectivity index (χ1v) is 9.19. The third-order valence-electron chi connectivity index (χ3n) is 5.07. The summed E-state index contributed by atoms with van der Waals surface area (Å²) in [4.78, 5) is 17.8. The van der Waals surface area contributed by atoms with E-state index in [1.54, 1.807) is 0 Å². The van der Waals surface area contributed by atoms with Gasteiger partial charge in [0.2, 0.25) is 0 Å². The minimum absolute atomic E-state index is 0.391. The Morgan fingerprint density at radius 3 is 2.81 bits per heavy atom. The molecule has 0 saturated carbocycles. The van der Waals surface area contributed by atoms with Crippen LogP contribution in [-0.2, 0) is 4.79 Å². The van der Waals surface area contributed by atoms with Gasteiger partial charge in [0, 0.05) is 43.5 Å². The van der Waals surface area contributed by atoms with Crippen molar-refractivity contribution in [2.75, 3.05) is 31.1 Å². The van der Waals surface area contributed by atoms with Crippen molar-refractivity contribution in [1.82, 2.24) is 15.5 Å². The first-order chi connectivity index (χ1) is 13.1. The highest BCUT2D eigenvalue weighted by Gasteiger charge is 2.29. The van der Waals surface area contributed by atoms with Gasteiger partial charge in [-0.25, -0.2) is 0 Å². The number of hydrogen-bond acceptors (Lipinski definition) is 5. The molecule has 0 amide bonds. The number of hydrogen-bond donors (Lipinski definition) is 3. The van der Waals surface area contributed by atoms with Crippen LogP contribution in [0.3, 0.4) is 0 Å². The molecule has 3 N–H and O–H groups in total. The number of benzene rings is 1. The van der Waals surface area contributed by atoms with Gasteiger partial charge in [0.25, 0.3) is 0 Å². The molecular weight excluding hydrogens is 342 g/mol. The zero-order valence-corrected chi connectivity index (χ0v) is 15.3. The molecular formula is C20H23N5O2. The molecule has 7 heteroatoms. The molecule has 2 aliphatic heterocycles. The number of aliphatic imine (C=N–C) groups is 1. The number of aryl methyl sites for hydroxylation is 1. The Kier molecular flexibility index (Phi) is 4.77. The topological polar surface area (TPSA) is 93.6 Å². The Balaban J connectivity index is 1.77. The quantitative estimate of drug-likeness (QED) is 0.772. The molecule has 1 unspecified atom stereocenters. The Morgan fingerprint density at radius 2 is 2.11 bits per heavy atom. The SMILES string of the molecule is Cc1ccc(-c2[nH]nc(N3CCNC(C(=O)O)C3)c2C2=CC=NCC2)cc1. The predicted molar refractivity (Wildman–Crippen MR) is 106 cm³/mol. The smallest absolute Gasteiger partial charge is 0.322 e. The number of carboxylic acid groups (broad SMARTS) is 1. The number of aromatic nitrogens is 2. The van der Waals surface area contributed by atoms with Gasteiger partial charge < -0.3 is 15.3 Å². The van der Waals surface area contributed by atoms with E-state index in [2.05, 4.69) is 56.6 Å². The maximum atomic E-state index is 11.4. The number of nitrogens with one attached hydrogen (secondary N) is 2. The van der Waals surface area contributed by atoms with Crippen LogP contribution in [0.4, 0.5) is 5.82 Å². The number of dihydropyridines is 1. The van der Waals surface area contributed by atoms with E-state index in [9.17, 15) is 9.90 Å². The van der Waals surface area contributed by atoms with Crippen molar-refractivity contribution in [2.24, 2.45) is 4.99 Å². The lowest BCUT2D eigenvalue weighted by molar-refractivity contribution is -0.139. The van der Waals surface area contributed by atoms with E-state index in [0.29, 0.717) is 13.1 Å². The highest BCUT2D eigenvalue weighted by Crippen LogP contribution is 2.37. The van der Waals surface area contributed by atoms with Gasteiger partial charge in [-0.05, 0) is 25.0 Å². The van der Waals surface area contributed by atoms with Gasteiger partial charge in [0.05, 0.1) is 5.69 Å². The lowest BCUT2D eigenvalue weighted by atomic mass is 9.96. The van der Waals surface area contributed by atoms with Crippen LogP contribution in [0.1, 0.15) is 17.5 Å². The van der Waals surface area contributed by atoms with E-state index in [1.807, 2.05) is 12.3 Å². The molecule has 0 spiro atoms. The number of aliphatic carboxylic acids is 1. The molecule has 1 fully saturated rings. The lowest BCUT2D eigenvalue weighted by Gasteiger charge is -2.32. The van der Waals surface area contributed by atoms with Crippen LogP contribution < -0.4 is 10.2 Å². The van der Waals surface area contributed by atoms with Crippen molar-refractivity contribution in [1.29, 1.82) is 0 Å². The minimum Gasteiger partial charge on any atom is -0.480 e. The molecule has 0 bridgehead atoms. The second-order valence-corrected chi connectivity index (χ2v) is 6.95.